The fraction of sp³-hybridized carbons (Fsp3) is 0.263. The minimum atomic E-state index is -0.328. The van der Waals surface area contributed by atoms with E-state index < -0.39 is 0 Å². The van der Waals surface area contributed by atoms with Crippen molar-refractivity contribution >= 4 is 27.5 Å². The van der Waals surface area contributed by atoms with E-state index in [4.69, 9.17) is 4.74 Å². The first-order valence-corrected chi connectivity index (χ1v) is 8.94. The van der Waals surface area contributed by atoms with E-state index in [-0.39, 0.29) is 17.8 Å². The summed E-state index contributed by atoms with van der Waals surface area (Å²) in [5.74, 6) is 0.0912. The molecule has 25 heavy (non-hydrogen) atoms. The van der Waals surface area contributed by atoms with Crippen molar-refractivity contribution in [3.8, 4) is 5.75 Å². The van der Waals surface area contributed by atoms with Crippen molar-refractivity contribution in [2.75, 3.05) is 0 Å². The van der Waals surface area contributed by atoms with Gasteiger partial charge in [0.1, 0.15) is 11.6 Å². The molecule has 0 N–H and O–H groups in total. The van der Waals surface area contributed by atoms with Crippen molar-refractivity contribution in [1.82, 2.24) is 4.57 Å². The van der Waals surface area contributed by atoms with Gasteiger partial charge in [-0.05, 0) is 63.2 Å². The number of ether oxygens (including phenoxy) is 1. The van der Waals surface area contributed by atoms with Crippen LogP contribution in [0.5, 0.6) is 5.75 Å². The molecule has 0 saturated heterocycles. The summed E-state index contributed by atoms with van der Waals surface area (Å²) in [5.41, 5.74) is 1.36. The van der Waals surface area contributed by atoms with Gasteiger partial charge in [-0.3, -0.25) is 4.79 Å². The van der Waals surface area contributed by atoms with Gasteiger partial charge in [-0.1, -0.05) is 11.3 Å². The lowest BCUT2D eigenvalue weighted by Gasteiger charge is -2.09. The van der Waals surface area contributed by atoms with E-state index in [0.717, 1.165) is 10.2 Å². The Labute approximate surface area is 149 Å². The second-order valence-corrected chi connectivity index (χ2v) is 6.86. The molecule has 0 unspecified atom stereocenters. The van der Waals surface area contributed by atoms with Crippen molar-refractivity contribution in [3.63, 3.8) is 0 Å². The summed E-state index contributed by atoms with van der Waals surface area (Å²) in [5, 5.41) is 0. The van der Waals surface area contributed by atoms with Crippen LogP contribution >= 0.6 is 11.3 Å². The van der Waals surface area contributed by atoms with Crippen LogP contribution < -0.4 is 9.54 Å². The van der Waals surface area contributed by atoms with Crippen LogP contribution in [-0.4, -0.2) is 16.6 Å². The topological polar surface area (TPSA) is 43.6 Å². The number of aryl methyl sites for hydroxylation is 1. The number of carbonyl (C=O) groups is 1. The average molecular weight is 358 g/mol. The van der Waals surface area contributed by atoms with Crippen molar-refractivity contribution in [2.45, 2.75) is 33.4 Å². The second-order valence-electron chi connectivity index (χ2n) is 5.85. The number of benzene rings is 2. The van der Waals surface area contributed by atoms with E-state index >= 15 is 0 Å². The number of halogens is 1. The molecule has 0 aliphatic heterocycles. The highest BCUT2D eigenvalue weighted by molar-refractivity contribution is 7.16. The summed E-state index contributed by atoms with van der Waals surface area (Å²) in [6.45, 7) is 6.51. The first kappa shape index (κ1) is 17.4. The Morgan fingerprint density at radius 1 is 1.24 bits per heavy atom. The van der Waals surface area contributed by atoms with Crippen molar-refractivity contribution in [3.05, 3.63) is 58.6 Å². The maximum absolute atomic E-state index is 13.4. The molecule has 3 rings (SSSR count). The van der Waals surface area contributed by atoms with Crippen molar-refractivity contribution in [2.24, 2.45) is 4.99 Å². The number of carbonyl (C=O) groups excluding carboxylic acids is 1. The van der Waals surface area contributed by atoms with Gasteiger partial charge in [0.15, 0.2) is 4.80 Å². The minimum Gasteiger partial charge on any atom is -0.491 e. The van der Waals surface area contributed by atoms with Gasteiger partial charge in [0.05, 0.1) is 16.3 Å². The number of amides is 1. The smallest absolute Gasteiger partial charge is 0.279 e. The van der Waals surface area contributed by atoms with Crippen molar-refractivity contribution in [1.29, 1.82) is 0 Å². The number of hydrogen-bond acceptors (Lipinski definition) is 3. The molecule has 0 radical (unpaired) electrons. The zero-order valence-corrected chi connectivity index (χ0v) is 15.1. The van der Waals surface area contributed by atoms with Crippen LogP contribution in [0.15, 0.2) is 47.5 Å². The van der Waals surface area contributed by atoms with E-state index in [1.807, 2.05) is 25.3 Å². The van der Waals surface area contributed by atoms with Gasteiger partial charge in [0.25, 0.3) is 5.91 Å². The lowest BCUT2D eigenvalue weighted by Crippen LogP contribution is -2.15. The predicted molar refractivity (Wildman–Crippen MR) is 97.5 cm³/mol. The van der Waals surface area contributed by atoms with E-state index in [2.05, 4.69) is 4.99 Å². The first-order valence-electron chi connectivity index (χ1n) is 8.12. The van der Waals surface area contributed by atoms with Gasteiger partial charge in [-0.15, -0.1) is 0 Å². The molecule has 0 aliphatic carbocycles. The number of nitrogens with zero attached hydrogens (tertiary/aromatic N) is 2. The summed E-state index contributed by atoms with van der Waals surface area (Å²) in [4.78, 5) is 17.3. The van der Waals surface area contributed by atoms with Crippen LogP contribution in [0, 0.1) is 5.82 Å². The van der Waals surface area contributed by atoms with Gasteiger partial charge in [-0.25, -0.2) is 4.39 Å². The van der Waals surface area contributed by atoms with E-state index in [9.17, 15) is 9.18 Å². The number of fused-ring (bicyclic) bond motifs is 1. The Balaban J connectivity index is 1.97. The molecule has 0 saturated carbocycles. The highest BCUT2D eigenvalue weighted by atomic mass is 32.1. The second kappa shape index (κ2) is 7.19. The van der Waals surface area contributed by atoms with Gasteiger partial charge >= 0.3 is 0 Å². The first-order chi connectivity index (χ1) is 12.0. The fourth-order valence-electron chi connectivity index (χ4n) is 2.54. The fourth-order valence-corrected chi connectivity index (χ4v) is 3.65. The number of rotatable bonds is 4. The molecule has 0 fully saturated rings. The monoisotopic (exact) mass is 358 g/mol. The molecule has 4 nitrogen and oxygen atoms in total. The lowest BCUT2D eigenvalue weighted by atomic mass is 10.2. The van der Waals surface area contributed by atoms with Crippen LogP contribution in [0.25, 0.3) is 10.2 Å². The Bertz CT molecular complexity index is 971. The average Bonchev–Trinajstić information content (AvgIpc) is 2.90. The van der Waals surface area contributed by atoms with E-state index in [0.29, 0.717) is 22.7 Å². The van der Waals surface area contributed by atoms with Crippen molar-refractivity contribution < 1.29 is 13.9 Å². The van der Waals surface area contributed by atoms with Crippen LogP contribution in [-0.2, 0) is 6.54 Å². The van der Waals surface area contributed by atoms with Crippen LogP contribution in [0.3, 0.4) is 0 Å². The Hall–Kier alpha value is -2.47. The lowest BCUT2D eigenvalue weighted by molar-refractivity contribution is 0.0998. The summed E-state index contributed by atoms with van der Waals surface area (Å²) in [7, 11) is 0. The maximum atomic E-state index is 13.4. The van der Waals surface area contributed by atoms with Gasteiger partial charge in [-0.2, -0.15) is 4.99 Å². The molecule has 0 bridgehead atoms. The van der Waals surface area contributed by atoms with Gasteiger partial charge in [0.2, 0.25) is 0 Å². The zero-order chi connectivity index (χ0) is 18.0. The SMILES string of the molecule is CCn1c(=NC(=O)c2ccc(OC(C)C)cc2)sc2cc(F)ccc21. The molecule has 1 aromatic heterocycles. The summed E-state index contributed by atoms with van der Waals surface area (Å²) >= 11 is 1.31. The van der Waals surface area contributed by atoms with Crippen LogP contribution in [0.4, 0.5) is 4.39 Å². The molecule has 2 aromatic carbocycles. The molecule has 130 valence electrons. The quantitative estimate of drug-likeness (QED) is 0.694. The highest BCUT2D eigenvalue weighted by Crippen LogP contribution is 2.19. The Kier molecular flexibility index (Phi) is 4.99. The summed E-state index contributed by atoms with van der Waals surface area (Å²) < 4.78 is 21.7. The molecule has 1 heterocycles. The third-order valence-electron chi connectivity index (χ3n) is 3.63. The minimum absolute atomic E-state index is 0.0775. The molecule has 0 atom stereocenters. The standard InChI is InChI=1S/C19H19FN2O2S/c1-4-22-16-10-7-14(20)11-17(16)25-19(22)21-18(23)13-5-8-15(9-6-13)24-12(2)3/h5-12H,4H2,1-3H3. The number of hydrogen-bond donors (Lipinski definition) is 0. The molecule has 3 aromatic rings. The van der Waals surface area contributed by atoms with Crippen LogP contribution in [0.1, 0.15) is 31.1 Å². The predicted octanol–water partition coefficient (Wildman–Crippen LogP) is 4.39. The normalized spacial score (nSPS) is 12.1. The molecule has 0 aliphatic rings. The Morgan fingerprint density at radius 3 is 2.60 bits per heavy atom. The summed E-state index contributed by atoms with van der Waals surface area (Å²) in [6, 6.07) is 11.5. The van der Waals surface area contributed by atoms with E-state index in [1.165, 1.54) is 23.5 Å². The number of aromatic nitrogens is 1. The number of thiazole rings is 1. The molecule has 1 amide bonds. The van der Waals surface area contributed by atoms with Crippen LogP contribution in [0.2, 0.25) is 0 Å². The molecular weight excluding hydrogens is 339 g/mol. The van der Waals surface area contributed by atoms with E-state index in [1.54, 1.807) is 30.3 Å². The zero-order valence-electron chi connectivity index (χ0n) is 14.3. The highest BCUT2D eigenvalue weighted by Gasteiger charge is 2.09. The maximum Gasteiger partial charge on any atom is 0.279 e. The Morgan fingerprint density at radius 2 is 1.96 bits per heavy atom. The van der Waals surface area contributed by atoms with Gasteiger partial charge < -0.3 is 9.30 Å². The molecule has 0 spiro atoms. The third kappa shape index (κ3) is 3.79. The largest absolute Gasteiger partial charge is 0.491 e. The third-order valence-corrected chi connectivity index (χ3v) is 4.67. The molecule has 6 heteroatoms. The summed E-state index contributed by atoms with van der Waals surface area (Å²) in [6.07, 6.45) is 0.0775. The molecular formula is C19H19FN2O2S. The van der Waals surface area contributed by atoms with Gasteiger partial charge in [0, 0.05) is 12.1 Å².